The molecule has 0 aliphatic carbocycles. The van der Waals surface area contributed by atoms with Gasteiger partial charge >= 0.3 is 0 Å². The largest absolute Gasteiger partial charge is 0.497 e. The minimum absolute atomic E-state index is 0.937. The van der Waals surface area contributed by atoms with Gasteiger partial charge in [-0.05, 0) is 69.8 Å². The number of hydrogen-bond donors (Lipinski definition) is 0. The smallest absolute Gasteiger partial charge is 0.120 e. The lowest BCUT2D eigenvalue weighted by Gasteiger charge is -2.04. The second-order valence-corrected chi connectivity index (χ2v) is 4.48. The van der Waals surface area contributed by atoms with Crippen molar-refractivity contribution >= 4 is 45.2 Å². The van der Waals surface area contributed by atoms with E-state index < -0.39 is 0 Å². The van der Waals surface area contributed by atoms with Crippen molar-refractivity contribution < 1.29 is 4.74 Å². The number of aryl methyl sites for hydroxylation is 1. The first-order valence-corrected chi connectivity index (χ1v) is 5.30. The Morgan fingerprint density at radius 3 is 2.36 bits per heavy atom. The molecular weight excluding hydrogens is 366 g/mol. The summed E-state index contributed by atoms with van der Waals surface area (Å²) >= 11 is 4.65. The number of hydrogen-bond acceptors (Lipinski definition) is 1. The number of rotatable bonds is 1. The third kappa shape index (κ3) is 2.21. The third-order valence-electron chi connectivity index (χ3n) is 1.42. The molecular formula is C8H8I2O. The fourth-order valence-electron chi connectivity index (χ4n) is 0.813. The van der Waals surface area contributed by atoms with E-state index in [1.165, 1.54) is 12.7 Å². The molecule has 0 amide bonds. The molecule has 0 radical (unpaired) electrons. The molecule has 1 rings (SSSR count). The van der Waals surface area contributed by atoms with E-state index in [4.69, 9.17) is 4.74 Å². The quantitative estimate of drug-likeness (QED) is 0.687. The lowest BCUT2D eigenvalue weighted by molar-refractivity contribution is 0.414. The summed E-state index contributed by atoms with van der Waals surface area (Å²) in [6.45, 7) is 2.09. The van der Waals surface area contributed by atoms with Crippen molar-refractivity contribution in [3.05, 3.63) is 24.8 Å². The molecule has 0 unspecified atom stereocenters. The zero-order valence-corrected chi connectivity index (χ0v) is 10.6. The van der Waals surface area contributed by atoms with Crippen LogP contribution in [-0.2, 0) is 0 Å². The molecule has 0 atom stereocenters. The van der Waals surface area contributed by atoms with Crippen LogP contribution in [0.25, 0.3) is 0 Å². The van der Waals surface area contributed by atoms with Crippen molar-refractivity contribution in [3.63, 3.8) is 0 Å². The van der Waals surface area contributed by atoms with Crippen LogP contribution in [0.4, 0.5) is 0 Å². The maximum absolute atomic E-state index is 5.12. The third-order valence-corrected chi connectivity index (χ3v) is 4.73. The molecule has 1 aromatic carbocycles. The van der Waals surface area contributed by atoms with E-state index in [9.17, 15) is 0 Å². The Kier molecular flexibility index (Phi) is 3.42. The van der Waals surface area contributed by atoms with Gasteiger partial charge in [-0.25, -0.2) is 0 Å². The molecule has 1 nitrogen and oxygen atoms in total. The number of benzene rings is 1. The molecule has 0 N–H and O–H groups in total. The molecule has 3 heteroatoms. The Morgan fingerprint density at radius 2 is 1.91 bits per heavy atom. The van der Waals surface area contributed by atoms with E-state index in [1.807, 2.05) is 12.1 Å². The first kappa shape index (κ1) is 9.57. The summed E-state index contributed by atoms with van der Waals surface area (Å²) < 4.78 is 7.68. The van der Waals surface area contributed by atoms with Gasteiger partial charge in [0.1, 0.15) is 5.75 Å². The average Bonchev–Trinajstić information content (AvgIpc) is 1.99. The summed E-state index contributed by atoms with van der Waals surface area (Å²) in [4.78, 5) is 0. The van der Waals surface area contributed by atoms with Crippen LogP contribution < -0.4 is 4.74 Å². The van der Waals surface area contributed by atoms with Crippen LogP contribution >= 0.6 is 45.2 Å². The first-order chi connectivity index (χ1) is 5.15. The molecule has 0 spiro atoms. The van der Waals surface area contributed by atoms with E-state index in [0.29, 0.717) is 0 Å². The van der Waals surface area contributed by atoms with Gasteiger partial charge in [0.15, 0.2) is 0 Å². The minimum Gasteiger partial charge on any atom is -0.497 e. The van der Waals surface area contributed by atoms with E-state index in [2.05, 4.69) is 52.1 Å². The minimum atomic E-state index is 0.937. The Bertz CT molecular complexity index is 248. The molecule has 60 valence electrons. The maximum Gasteiger partial charge on any atom is 0.120 e. The molecule has 0 bridgehead atoms. The van der Waals surface area contributed by atoms with Gasteiger partial charge in [-0.1, -0.05) is 0 Å². The van der Waals surface area contributed by atoms with Crippen molar-refractivity contribution in [2.45, 2.75) is 6.92 Å². The van der Waals surface area contributed by atoms with Crippen molar-refractivity contribution in [1.82, 2.24) is 0 Å². The van der Waals surface area contributed by atoms with Crippen molar-refractivity contribution in [1.29, 1.82) is 0 Å². The Labute approximate surface area is 93.8 Å². The predicted molar refractivity (Wildman–Crippen MR) is 63.2 cm³/mol. The van der Waals surface area contributed by atoms with Gasteiger partial charge in [-0.3, -0.25) is 0 Å². The van der Waals surface area contributed by atoms with Crippen LogP contribution in [0, 0.1) is 14.1 Å². The van der Waals surface area contributed by atoms with Gasteiger partial charge in [-0.15, -0.1) is 0 Å². The Morgan fingerprint density at radius 1 is 1.27 bits per heavy atom. The highest BCUT2D eigenvalue weighted by Crippen LogP contribution is 2.24. The van der Waals surface area contributed by atoms with E-state index in [1.54, 1.807) is 7.11 Å². The van der Waals surface area contributed by atoms with Crippen LogP contribution in [0.15, 0.2) is 12.1 Å². The number of methoxy groups -OCH3 is 1. The first-order valence-electron chi connectivity index (χ1n) is 3.15. The van der Waals surface area contributed by atoms with Gasteiger partial charge in [0.05, 0.1) is 7.11 Å². The predicted octanol–water partition coefficient (Wildman–Crippen LogP) is 3.21. The highest BCUT2D eigenvalue weighted by Gasteiger charge is 2.02. The summed E-state index contributed by atoms with van der Waals surface area (Å²) in [5, 5.41) is 0. The topological polar surface area (TPSA) is 9.23 Å². The van der Waals surface area contributed by atoms with Crippen LogP contribution in [0.1, 0.15) is 5.56 Å². The average molecular weight is 374 g/mol. The molecule has 0 heterocycles. The van der Waals surface area contributed by atoms with Gasteiger partial charge in [-0.2, -0.15) is 0 Å². The van der Waals surface area contributed by atoms with Gasteiger partial charge in [0, 0.05) is 7.14 Å². The van der Waals surface area contributed by atoms with E-state index in [0.717, 1.165) is 5.75 Å². The molecule has 0 aromatic heterocycles. The zero-order valence-electron chi connectivity index (χ0n) is 6.32. The van der Waals surface area contributed by atoms with Crippen LogP contribution in [0.5, 0.6) is 5.75 Å². The molecule has 0 aliphatic rings. The molecule has 11 heavy (non-hydrogen) atoms. The standard InChI is InChI=1S/C8H8I2O/c1-5-3-6(11-2)4-7(9)8(5)10/h3-4H,1-2H3. The van der Waals surface area contributed by atoms with Gasteiger partial charge in [0.2, 0.25) is 0 Å². The van der Waals surface area contributed by atoms with E-state index in [-0.39, 0.29) is 0 Å². The van der Waals surface area contributed by atoms with Crippen LogP contribution in [0.3, 0.4) is 0 Å². The summed E-state index contributed by atoms with van der Waals surface area (Å²) in [6.07, 6.45) is 0. The number of halogens is 2. The lowest BCUT2D eigenvalue weighted by Crippen LogP contribution is -1.89. The Balaban J connectivity index is 3.21. The summed E-state index contributed by atoms with van der Waals surface area (Å²) in [5.41, 5.74) is 1.27. The summed E-state index contributed by atoms with van der Waals surface area (Å²) in [5.74, 6) is 0.937. The second kappa shape index (κ2) is 3.93. The van der Waals surface area contributed by atoms with Crippen LogP contribution in [-0.4, -0.2) is 7.11 Å². The number of ether oxygens (including phenoxy) is 1. The summed E-state index contributed by atoms with van der Waals surface area (Å²) in [7, 11) is 1.69. The maximum atomic E-state index is 5.12. The fraction of sp³-hybridized carbons (Fsp3) is 0.250. The van der Waals surface area contributed by atoms with Crippen LogP contribution in [0.2, 0.25) is 0 Å². The van der Waals surface area contributed by atoms with Crippen molar-refractivity contribution in [3.8, 4) is 5.75 Å². The molecule has 0 aliphatic heterocycles. The second-order valence-electron chi connectivity index (χ2n) is 2.24. The monoisotopic (exact) mass is 374 g/mol. The zero-order chi connectivity index (χ0) is 8.43. The normalized spacial score (nSPS) is 9.82. The molecule has 0 fully saturated rings. The van der Waals surface area contributed by atoms with Crippen molar-refractivity contribution in [2.24, 2.45) is 0 Å². The van der Waals surface area contributed by atoms with Gasteiger partial charge < -0.3 is 4.74 Å². The molecule has 1 aromatic rings. The highest BCUT2D eigenvalue weighted by atomic mass is 127. The fourth-order valence-corrected chi connectivity index (χ4v) is 1.86. The lowest BCUT2D eigenvalue weighted by atomic mass is 10.2. The molecule has 0 saturated heterocycles. The van der Waals surface area contributed by atoms with E-state index >= 15 is 0 Å². The van der Waals surface area contributed by atoms with Crippen molar-refractivity contribution in [2.75, 3.05) is 7.11 Å². The SMILES string of the molecule is COc1cc(C)c(I)c(I)c1. The Hall–Kier alpha value is 0.480. The van der Waals surface area contributed by atoms with Gasteiger partial charge in [0.25, 0.3) is 0 Å². The highest BCUT2D eigenvalue weighted by molar-refractivity contribution is 14.1. The summed E-state index contributed by atoms with van der Waals surface area (Å²) in [6, 6.07) is 4.08. The molecule has 0 saturated carbocycles.